The summed E-state index contributed by atoms with van der Waals surface area (Å²) in [5, 5.41) is 2.99. The van der Waals surface area contributed by atoms with E-state index in [9.17, 15) is 4.79 Å². The first-order valence-electron chi connectivity index (χ1n) is 6.52. The van der Waals surface area contributed by atoms with Gasteiger partial charge in [-0.1, -0.05) is 26.7 Å². The van der Waals surface area contributed by atoms with Gasteiger partial charge < -0.3 is 10.3 Å². The number of hydrogen-bond acceptors (Lipinski definition) is 2. The minimum Gasteiger partial charge on any atom is -0.355 e. The highest BCUT2D eigenvalue weighted by Crippen LogP contribution is 2.12. The predicted octanol–water partition coefficient (Wildman–Crippen LogP) is 2.28. The zero-order valence-corrected chi connectivity index (χ0v) is 10.8. The van der Waals surface area contributed by atoms with Crippen LogP contribution in [-0.4, -0.2) is 22.4 Å². The Bertz CT molecular complexity index is 308. The Kier molecular flexibility index (Phi) is 6.37. The van der Waals surface area contributed by atoms with Crippen LogP contribution in [-0.2, 0) is 11.2 Å². The monoisotopic (exact) mass is 237 g/mol. The van der Waals surface area contributed by atoms with Gasteiger partial charge in [-0.25, -0.2) is 4.98 Å². The molecule has 0 spiro atoms. The van der Waals surface area contributed by atoms with Crippen LogP contribution in [0, 0.1) is 5.92 Å². The molecule has 0 aliphatic rings. The molecule has 0 radical (unpaired) electrons. The molecule has 1 aromatic rings. The molecule has 1 heterocycles. The Morgan fingerprint density at radius 1 is 1.53 bits per heavy atom. The summed E-state index contributed by atoms with van der Waals surface area (Å²) in [5.41, 5.74) is 1.06. The number of imidazole rings is 1. The number of nitrogens with one attached hydrogen (secondary N) is 2. The number of rotatable bonds is 8. The van der Waals surface area contributed by atoms with Gasteiger partial charge in [-0.15, -0.1) is 0 Å². The maximum atomic E-state index is 11.9. The van der Waals surface area contributed by atoms with E-state index in [0.29, 0.717) is 6.54 Å². The van der Waals surface area contributed by atoms with Crippen LogP contribution in [0.15, 0.2) is 12.5 Å². The summed E-state index contributed by atoms with van der Waals surface area (Å²) in [6, 6.07) is 0. The van der Waals surface area contributed by atoms with Gasteiger partial charge in [0.05, 0.1) is 6.33 Å². The molecule has 2 N–H and O–H groups in total. The standard InChI is InChI=1S/C13H23N3O/c1-3-5-6-11(4-2)13(17)15-8-7-12-9-14-10-16-12/h9-11H,3-8H2,1-2H3,(H,14,16)(H,15,17). The van der Waals surface area contributed by atoms with Crippen LogP contribution < -0.4 is 5.32 Å². The molecular formula is C13H23N3O. The van der Waals surface area contributed by atoms with Gasteiger partial charge in [-0.3, -0.25) is 4.79 Å². The molecule has 0 aromatic carbocycles. The van der Waals surface area contributed by atoms with Crippen LogP contribution in [0.25, 0.3) is 0 Å². The summed E-state index contributed by atoms with van der Waals surface area (Å²) in [6.07, 6.45) is 8.48. The number of carbonyl (C=O) groups excluding carboxylic acids is 1. The summed E-state index contributed by atoms with van der Waals surface area (Å²) in [6.45, 7) is 4.92. The van der Waals surface area contributed by atoms with Gasteiger partial charge in [0.1, 0.15) is 0 Å². The van der Waals surface area contributed by atoms with Crippen LogP contribution in [0.5, 0.6) is 0 Å². The molecule has 1 aromatic heterocycles. The van der Waals surface area contributed by atoms with E-state index in [0.717, 1.165) is 37.8 Å². The molecular weight excluding hydrogens is 214 g/mol. The van der Waals surface area contributed by atoms with Crippen molar-refractivity contribution in [2.45, 2.75) is 46.0 Å². The fourth-order valence-electron chi connectivity index (χ4n) is 1.86. The van der Waals surface area contributed by atoms with Crippen LogP contribution in [0.4, 0.5) is 0 Å². The second kappa shape index (κ2) is 7.87. The smallest absolute Gasteiger partial charge is 0.223 e. The third kappa shape index (κ3) is 5.02. The number of carbonyl (C=O) groups is 1. The first-order chi connectivity index (χ1) is 8.27. The molecule has 1 atom stereocenters. The van der Waals surface area contributed by atoms with Gasteiger partial charge in [0.2, 0.25) is 5.91 Å². The number of aromatic nitrogens is 2. The lowest BCUT2D eigenvalue weighted by Crippen LogP contribution is -2.32. The lowest BCUT2D eigenvalue weighted by atomic mass is 9.98. The maximum Gasteiger partial charge on any atom is 0.223 e. The van der Waals surface area contributed by atoms with Crippen LogP contribution in [0.1, 0.15) is 45.2 Å². The molecule has 0 saturated carbocycles. The fraction of sp³-hybridized carbons (Fsp3) is 0.692. The predicted molar refractivity (Wildman–Crippen MR) is 68.6 cm³/mol. The Morgan fingerprint density at radius 2 is 2.35 bits per heavy atom. The Balaban J connectivity index is 2.22. The quantitative estimate of drug-likeness (QED) is 0.728. The SMILES string of the molecule is CCCCC(CC)C(=O)NCCc1cnc[nH]1. The fourth-order valence-corrected chi connectivity index (χ4v) is 1.86. The molecule has 1 amide bonds. The van der Waals surface area contributed by atoms with E-state index in [2.05, 4.69) is 29.1 Å². The van der Waals surface area contributed by atoms with Crippen molar-refractivity contribution in [3.05, 3.63) is 18.2 Å². The van der Waals surface area contributed by atoms with E-state index < -0.39 is 0 Å². The Morgan fingerprint density at radius 3 is 2.94 bits per heavy atom. The van der Waals surface area contributed by atoms with Gasteiger partial charge >= 0.3 is 0 Å². The lowest BCUT2D eigenvalue weighted by molar-refractivity contribution is -0.125. The minimum absolute atomic E-state index is 0.178. The van der Waals surface area contributed by atoms with Crippen LogP contribution >= 0.6 is 0 Å². The zero-order valence-electron chi connectivity index (χ0n) is 10.8. The molecule has 0 fully saturated rings. The van der Waals surface area contributed by atoms with E-state index in [1.165, 1.54) is 0 Å². The van der Waals surface area contributed by atoms with E-state index in [4.69, 9.17) is 0 Å². The second-order valence-electron chi connectivity index (χ2n) is 4.37. The topological polar surface area (TPSA) is 57.8 Å². The van der Waals surface area contributed by atoms with Crippen molar-refractivity contribution in [3.8, 4) is 0 Å². The summed E-state index contributed by atoms with van der Waals surface area (Å²) in [4.78, 5) is 18.8. The van der Waals surface area contributed by atoms with Crippen molar-refractivity contribution < 1.29 is 4.79 Å². The third-order valence-corrected chi connectivity index (χ3v) is 3.02. The molecule has 96 valence electrons. The second-order valence-corrected chi connectivity index (χ2v) is 4.37. The number of hydrogen-bond donors (Lipinski definition) is 2. The van der Waals surface area contributed by atoms with Gasteiger partial charge in [0.25, 0.3) is 0 Å². The number of aromatic amines is 1. The number of amides is 1. The van der Waals surface area contributed by atoms with Gasteiger partial charge in [-0.2, -0.15) is 0 Å². The minimum atomic E-state index is 0.178. The van der Waals surface area contributed by atoms with Crippen LogP contribution in [0.3, 0.4) is 0 Å². The van der Waals surface area contributed by atoms with E-state index in [1.807, 2.05) is 0 Å². The van der Waals surface area contributed by atoms with Crippen molar-refractivity contribution in [2.75, 3.05) is 6.54 Å². The zero-order chi connectivity index (χ0) is 12.5. The average molecular weight is 237 g/mol. The normalized spacial score (nSPS) is 12.4. The van der Waals surface area contributed by atoms with E-state index >= 15 is 0 Å². The molecule has 4 heteroatoms. The molecule has 1 rings (SSSR count). The maximum absolute atomic E-state index is 11.9. The number of H-pyrrole nitrogens is 1. The Labute approximate surface area is 103 Å². The number of unbranched alkanes of at least 4 members (excludes halogenated alkanes) is 1. The van der Waals surface area contributed by atoms with Gasteiger partial charge in [0, 0.05) is 30.8 Å². The highest BCUT2D eigenvalue weighted by molar-refractivity contribution is 5.78. The third-order valence-electron chi connectivity index (χ3n) is 3.02. The molecule has 0 bridgehead atoms. The van der Waals surface area contributed by atoms with Crippen molar-refractivity contribution >= 4 is 5.91 Å². The van der Waals surface area contributed by atoms with Crippen LogP contribution in [0.2, 0.25) is 0 Å². The Hall–Kier alpha value is -1.32. The molecule has 0 aliphatic carbocycles. The summed E-state index contributed by atoms with van der Waals surface area (Å²) in [7, 11) is 0. The van der Waals surface area contributed by atoms with E-state index in [1.54, 1.807) is 12.5 Å². The highest BCUT2D eigenvalue weighted by atomic mass is 16.1. The lowest BCUT2D eigenvalue weighted by Gasteiger charge is -2.14. The highest BCUT2D eigenvalue weighted by Gasteiger charge is 2.14. The van der Waals surface area contributed by atoms with Crippen molar-refractivity contribution in [1.82, 2.24) is 15.3 Å². The van der Waals surface area contributed by atoms with E-state index in [-0.39, 0.29) is 11.8 Å². The largest absolute Gasteiger partial charge is 0.355 e. The molecule has 0 aliphatic heterocycles. The molecule has 0 saturated heterocycles. The van der Waals surface area contributed by atoms with Crippen molar-refractivity contribution in [2.24, 2.45) is 5.92 Å². The first-order valence-corrected chi connectivity index (χ1v) is 6.52. The summed E-state index contributed by atoms with van der Waals surface area (Å²) in [5.74, 6) is 0.372. The van der Waals surface area contributed by atoms with Gasteiger partial charge in [-0.05, 0) is 12.8 Å². The molecule has 17 heavy (non-hydrogen) atoms. The van der Waals surface area contributed by atoms with Gasteiger partial charge in [0.15, 0.2) is 0 Å². The summed E-state index contributed by atoms with van der Waals surface area (Å²) >= 11 is 0. The van der Waals surface area contributed by atoms with Crippen molar-refractivity contribution in [3.63, 3.8) is 0 Å². The number of nitrogens with zero attached hydrogens (tertiary/aromatic N) is 1. The summed E-state index contributed by atoms with van der Waals surface area (Å²) < 4.78 is 0. The van der Waals surface area contributed by atoms with Crippen molar-refractivity contribution in [1.29, 1.82) is 0 Å². The molecule has 4 nitrogen and oxygen atoms in total. The first kappa shape index (κ1) is 13.7. The molecule has 1 unspecified atom stereocenters. The average Bonchev–Trinajstić information content (AvgIpc) is 2.83.